The molecule has 6 nitrogen and oxygen atoms in total. The van der Waals surface area contributed by atoms with Crippen molar-refractivity contribution in [1.82, 2.24) is 10.6 Å². The highest BCUT2D eigenvalue weighted by Crippen LogP contribution is 2.19. The van der Waals surface area contributed by atoms with E-state index in [0.29, 0.717) is 6.54 Å². The molecule has 0 radical (unpaired) electrons. The van der Waals surface area contributed by atoms with E-state index in [-0.39, 0.29) is 0 Å². The Kier molecular flexibility index (Phi) is 6.21. The maximum absolute atomic E-state index is 11.3. The fourth-order valence-corrected chi connectivity index (χ4v) is 1.86. The SMILES string of the molecule is O=C(NCCC1=CCCCC1)N[C@@H](CO)C(=O)O. The molecule has 0 aromatic carbocycles. The number of aliphatic hydroxyl groups is 1. The summed E-state index contributed by atoms with van der Waals surface area (Å²) in [5.41, 5.74) is 1.35. The van der Waals surface area contributed by atoms with E-state index in [2.05, 4.69) is 16.7 Å². The van der Waals surface area contributed by atoms with Gasteiger partial charge in [-0.2, -0.15) is 0 Å². The molecule has 0 aromatic rings. The van der Waals surface area contributed by atoms with Gasteiger partial charge in [0.1, 0.15) is 0 Å². The van der Waals surface area contributed by atoms with Gasteiger partial charge >= 0.3 is 12.0 Å². The second kappa shape index (κ2) is 7.71. The molecule has 0 saturated carbocycles. The average molecular weight is 256 g/mol. The van der Waals surface area contributed by atoms with Crippen LogP contribution in [0.5, 0.6) is 0 Å². The van der Waals surface area contributed by atoms with Gasteiger partial charge in [0.25, 0.3) is 0 Å². The molecule has 1 rings (SSSR count). The molecular formula is C12H20N2O4. The lowest BCUT2D eigenvalue weighted by atomic mass is 9.97. The van der Waals surface area contributed by atoms with Crippen molar-refractivity contribution in [2.24, 2.45) is 0 Å². The highest BCUT2D eigenvalue weighted by Gasteiger charge is 2.18. The minimum atomic E-state index is -1.25. The van der Waals surface area contributed by atoms with Gasteiger partial charge in [0.2, 0.25) is 0 Å². The lowest BCUT2D eigenvalue weighted by Crippen LogP contribution is -2.48. The van der Waals surface area contributed by atoms with Crippen LogP contribution < -0.4 is 10.6 Å². The number of aliphatic carboxylic acids is 1. The van der Waals surface area contributed by atoms with Crippen LogP contribution in [0, 0.1) is 0 Å². The number of nitrogens with one attached hydrogen (secondary N) is 2. The van der Waals surface area contributed by atoms with Gasteiger partial charge in [0.15, 0.2) is 6.04 Å². The van der Waals surface area contributed by atoms with Gasteiger partial charge in [-0.05, 0) is 32.1 Å². The number of aliphatic hydroxyl groups excluding tert-OH is 1. The third-order valence-electron chi connectivity index (χ3n) is 2.90. The zero-order valence-electron chi connectivity index (χ0n) is 10.3. The Morgan fingerprint density at radius 3 is 2.72 bits per heavy atom. The number of carbonyl (C=O) groups excluding carboxylic acids is 1. The van der Waals surface area contributed by atoms with Crippen LogP contribution in [0.2, 0.25) is 0 Å². The topological polar surface area (TPSA) is 98.7 Å². The standard InChI is InChI=1S/C12H20N2O4/c15-8-10(11(16)17)14-12(18)13-7-6-9-4-2-1-3-5-9/h4,10,15H,1-3,5-8H2,(H,16,17)(H2,13,14,18)/t10-/m0/s1. The number of hydrogen-bond acceptors (Lipinski definition) is 3. The normalized spacial score (nSPS) is 16.6. The minimum Gasteiger partial charge on any atom is -0.480 e. The van der Waals surface area contributed by atoms with Crippen LogP contribution in [-0.2, 0) is 4.79 Å². The first-order chi connectivity index (χ1) is 8.63. The summed E-state index contributed by atoms with van der Waals surface area (Å²) in [5, 5.41) is 22.2. The summed E-state index contributed by atoms with van der Waals surface area (Å²) in [6.07, 6.45) is 7.61. The Morgan fingerprint density at radius 1 is 1.39 bits per heavy atom. The van der Waals surface area contributed by atoms with Crippen LogP contribution in [0.15, 0.2) is 11.6 Å². The van der Waals surface area contributed by atoms with Crippen molar-refractivity contribution < 1.29 is 19.8 Å². The molecule has 102 valence electrons. The summed E-state index contributed by atoms with van der Waals surface area (Å²) in [7, 11) is 0. The predicted octanol–water partition coefficient (Wildman–Crippen LogP) is 0.622. The molecule has 1 aliphatic carbocycles. The number of hydrogen-bond donors (Lipinski definition) is 4. The number of rotatable bonds is 6. The minimum absolute atomic E-state index is 0.482. The van der Waals surface area contributed by atoms with Crippen molar-refractivity contribution in [1.29, 1.82) is 0 Å². The van der Waals surface area contributed by atoms with Crippen LogP contribution in [0.3, 0.4) is 0 Å². The lowest BCUT2D eigenvalue weighted by Gasteiger charge is -2.15. The third kappa shape index (κ3) is 5.18. The van der Waals surface area contributed by atoms with Gasteiger partial charge in [-0.3, -0.25) is 0 Å². The monoisotopic (exact) mass is 256 g/mol. The second-order valence-electron chi connectivity index (χ2n) is 4.33. The van der Waals surface area contributed by atoms with E-state index in [9.17, 15) is 9.59 Å². The Morgan fingerprint density at radius 2 is 2.17 bits per heavy atom. The first-order valence-corrected chi connectivity index (χ1v) is 6.19. The highest BCUT2D eigenvalue weighted by atomic mass is 16.4. The van der Waals surface area contributed by atoms with Crippen molar-refractivity contribution in [3.05, 3.63) is 11.6 Å². The summed E-state index contributed by atoms with van der Waals surface area (Å²) < 4.78 is 0. The van der Waals surface area contributed by atoms with Gasteiger partial charge in [-0.15, -0.1) is 0 Å². The Bertz CT molecular complexity index is 328. The van der Waals surface area contributed by atoms with Gasteiger partial charge in [-0.1, -0.05) is 11.6 Å². The van der Waals surface area contributed by atoms with E-state index in [1.807, 2.05) is 0 Å². The molecule has 2 amide bonds. The summed E-state index contributed by atoms with van der Waals surface area (Å²) >= 11 is 0. The number of carbonyl (C=O) groups is 2. The first kappa shape index (κ1) is 14.5. The van der Waals surface area contributed by atoms with Crippen molar-refractivity contribution in [2.45, 2.75) is 38.1 Å². The average Bonchev–Trinajstić information content (AvgIpc) is 2.37. The van der Waals surface area contributed by atoms with E-state index >= 15 is 0 Å². The molecule has 18 heavy (non-hydrogen) atoms. The maximum atomic E-state index is 11.3. The number of allylic oxidation sites excluding steroid dienone is 1. The smallest absolute Gasteiger partial charge is 0.328 e. The first-order valence-electron chi connectivity index (χ1n) is 6.19. The van der Waals surface area contributed by atoms with Crippen LogP contribution in [-0.4, -0.2) is 41.4 Å². The third-order valence-corrected chi connectivity index (χ3v) is 2.90. The van der Waals surface area contributed by atoms with E-state index in [4.69, 9.17) is 10.2 Å². The lowest BCUT2D eigenvalue weighted by molar-refractivity contribution is -0.140. The van der Waals surface area contributed by atoms with Gasteiger partial charge in [-0.25, -0.2) is 9.59 Å². The Hall–Kier alpha value is -1.56. The van der Waals surface area contributed by atoms with Crippen LogP contribution in [0.25, 0.3) is 0 Å². The molecule has 0 aliphatic heterocycles. The van der Waals surface area contributed by atoms with Crippen LogP contribution in [0.4, 0.5) is 4.79 Å². The molecule has 0 unspecified atom stereocenters. The van der Waals surface area contributed by atoms with E-state index in [1.54, 1.807) is 0 Å². The second-order valence-corrected chi connectivity index (χ2v) is 4.33. The molecule has 0 heterocycles. The number of carboxylic acids is 1. The van der Waals surface area contributed by atoms with Crippen molar-refractivity contribution in [2.75, 3.05) is 13.2 Å². The predicted molar refractivity (Wildman–Crippen MR) is 66.2 cm³/mol. The maximum Gasteiger partial charge on any atom is 0.328 e. The quantitative estimate of drug-likeness (QED) is 0.524. The molecule has 4 N–H and O–H groups in total. The van der Waals surface area contributed by atoms with Crippen molar-refractivity contribution >= 4 is 12.0 Å². The van der Waals surface area contributed by atoms with Crippen LogP contribution in [0.1, 0.15) is 32.1 Å². The zero-order chi connectivity index (χ0) is 13.4. The van der Waals surface area contributed by atoms with Gasteiger partial charge in [0.05, 0.1) is 6.61 Å². The zero-order valence-corrected chi connectivity index (χ0v) is 10.3. The molecule has 0 aromatic heterocycles. The Balaban J connectivity index is 2.20. The fourth-order valence-electron chi connectivity index (χ4n) is 1.86. The van der Waals surface area contributed by atoms with E-state index in [1.165, 1.54) is 18.4 Å². The molecule has 1 aliphatic rings. The van der Waals surface area contributed by atoms with E-state index < -0.39 is 24.6 Å². The fraction of sp³-hybridized carbons (Fsp3) is 0.667. The van der Waals surface area contributed by atoms with Gasteiger partial charge < -0.3 is 20.8 Å². The molecule has 1 atom stereocenters. The Labute approximate surface area is 106 Å². The van der Waals surface area contributed by atoms with E-state index in [0.717, 1.165) is 19.3 Å². The molecule has 6 heteroatoms. The summed E-state index contributed by atoms with van der Waals surface area (Å²) in [5.74, 6) is -1.25. The molecule has 0 fully saturated rings. The number of amides is 2. The van der Waals surface area contributed by atoms with Crippen LogP contribution >= 0.6 is 0 Å². The number of urea groups is 1. The molecule has 0 bridgehead atoms. The molecule has 0 spiro atoms. The van der Waals surface area contributed by atoms with Crippen molar-refractivity contribution in [3.8, 4) is 0 Å². The molecular weight excluding hydrogens is 236 g/mol. The van der Waals surface area contributed by atoms with Gasteiger partial charge in [0, 0.05) is 6.54 Å². The summed E-state index contributed by atoms with van der Waals surface area (Å²) in [6, 6.07) is -1.81. The van der Waals surface area contributed by atoms with Crippen molar-refractivity contribution in [3.63, 3.8) is 0 Å². The molecule has 0 saturated heterocycles. The summed E-state index contributed by atoms with van der Waals surface area (Å²) in [4.78, 5) is 21.9. The largest absolute Gasteiger partial charge is 0.480 e. The highest BCUT2D eigenvalue weighted by molar-refractivity contribution is 5.82. The summed E-state index contributed by atoms with van der Waals surface area (Å²) in [6.45, 7) is -0.136. The number of carboxylic acid groups (broad SMARTS) is 1.